The average Bonchev–Trinajstić information content (AvgIpc) is 3.26. The lowest BCUT2D eigenvalue weighted by Crippen LogP contribution is -2.25. The first-order valence-electron chi connectivity index (χ1n) is 18.2. The number of ketones is 4. The summed E-state index contributed by atoms with van der Waals surface area (Å²) in [6.45, 7) is 0. The second kappa shape index (κ2) is 14.5. The standard InChI is InChI=1S/C45H28N8O6/c46-43-51-44(49-31-21-19-29(47-41(58)23-11-3-1-4-12-23)33-35(31)39(56)27-17-9-7-15-25(27)37(33)54)53-45(52-43)50-32-22-20-30(48-42(59)24-13-5-2-6-14-24)34-36(32)40(57)28-18-10-8-16-26(28)38(34)55/h1-22H,(H,47,58)(H,48,59)(H4,46,49,50,51,52,53). The number of carbonyl (C=O) groups is 6. The molecule has 2 amide bonds. The first-order chi connectivity index (χ1) is 28.7. The maximum Gasteiger partial charge on any atom is 0.255 e. The monoisotopic (exact) mass is 776 g/mol. The van der Waals surface area contributed by atoms with Gasteiger partial charge in [-0.1, -0.05) is 84.9 Å². The Labute approximate surface area is 334 Å². The molecule has 6 N–H and O–H groups in total. The Morgan fingerprint density at radius 3 is 1.05 bits per heavy atom. The van der Waals surface area contributed by atoms with Crippen LogP contribution in [-0.4, -0.2) is 49.9 Å². The van der Waals surface area contributed by atoms with Gasteiger partial charge in [0.1, 0.15) is 0 Å². The van der Waals surface area contributed by atoms with Crippen LogP contribution >= 0.6 is 0 Å². The summed E-state index contributed by atoms with van der Waals surface area (Å²) in [7, 11) is 0. The Morgan fingerprint density at radius 2 is 0.695 bits per heavy atom. The number of anilines is 7. The van der Waals surface area contributed by atoms with E-state index in [1.54, 1.807) is 109 Å². The summed E-state index contributed by atoms with van der Waals surface area (Å²) in [5, 5.41) is 11.5. The molecule has 0 atom stereocenters. The third-order valence-corrected chi connectivity index (χ3v) is 9.87. The van der Waals surface area contributed by atoms with E-state index >= 15 is 0 Å². The number of aromatic nitrogens is 3. The topological polar surface area (TPSA) is 215 Å². The molecule has 0 spiro atoms. The van der Waals surface area contributed by atoms with Crippen molar-refractivity contribution in [1.29, 1.82) is 0 Å². The van der Waals surface area contributed by atoms with Crippen molar-refractivity contribution in [2.75, 3.05) is 27.0 Å². The minimum atomic E-state index is -0.483. The number of nitrogens with one attached hydrogen (secondary N) is 4. The summed E-state index contributed by atoms with van der Waals surface area (Å²) >= 11 is 0. The van der Waals surface area contributed by atoms with E-state index in [0.29, 0.717) is 11.1 Å². The number of nitrogen functional groups attached to an aromatic ring is 1. The molecule has 2 aliphatic rings. The zero-order valence-corrected chi connectivity index (χ0v) is 30.6. The van der Waals surface area contributed by atoms with Crippen LogP contribution in [0.1, 0.15) is 84.4 Å². The predicted molar refractivity (Wildman–Crippen MR) is 219 cm³/mol. The van der Waals surface area contributed by atoms with Gasteiger partial charge in [0.2, 0.25) is 17.8 Å². The first kappa shape index (κ1) is 36.0. The van der Waals surface area contributed by atoms with E-state index < -0.39 is 34.9 Å². The summed E-state index contributed by atoms with van der Waals surface area (Å²) < 4.78 is 0. The molecule has 0 aliphatic heterocycles. The van der Waals surface area contributed by atoms with Crippen LogP contribution in [-0.2, 0) is 0 Å². The maximum atomic E-state index is 14.1. The molecular weight excluding hydrogens is 749 g/mol. The van der Waals surface area contributed by atoms with Gasteiger partial charge in [-0.05, 0) is 48.5 Å². The van der Waals surface area contributed by atoms with Crippen LogP contribution in [0.15, 0.2) is 133 Å². The smallest absolute Gasteiger partial charge is 0.255 e. The van der Waals surface area contributed by atoms with E-state index in [1.165, 1.54) is 24.3 Å². The molecule has 284 valence electrons. The van der Waals surface area contributed by atoms with Crippen molar-refractivity contribution in [1.82, 2.24) is 15.0 Å². The minimum absolute atomic E-state index is 0.0296. The van der Waals surface area contributed by atoms with Gasteiger partial charge in [0.05, 0.1) is 45.0 Å². The van der Waals surface area contributed by atoms with Crippen molar-refractivity contribution in [3.63, 3.8) is 0 Å². The molecule has 1 heterocycles. The van der Waals surface area contributed by atoms with Crippen LogP contribution in [0.3, 0.4) is 0 Å². The van der Waals surface area contributed by atoms with Gasteiger partial charge in [0, 0.05) is 33.4 Å². The highest BCUT2D eigenvalue weighted by atomic mass is 16.2. The molecule has 0 fully saturated rings. The summed E-state index contributed by atoms with van der Waals surface area (Å²) in [4.78, 5) is 95.6. The number of rotatable bonds is 8. The molecule has 0 radical (unpaired) electrons. The number of amides is 2. The van der Waals surface area contributed by atoms with E-state index in [1.807, 2.05) is 0 Å². The number of nitrogens with two attached hydrogens (primary N) is 1. The zero-order valence-electron chi connectivity index (χ0n) is 30.6. The van der Waals surface area contributed by atoms with E-state index in [0.717, 1.165) is 0 Å². The summed E-state index contributed by atoms with van der Waals surface area (Å²) in [6, 6.07) is 35.6. The molecule has 7 aromatic rings. The van der Waals surface area contributed by atoms with Gasteiger partial charge in [-0.3, -0.25) is 28.8 Å². The fraction of sp³-hybridized carbons (Fsp3) is 0. The number of benzene rings is 6. The highest BCUT2D eigenvalue weighted by Gasteiger charge is 2.36. The molecular formula is C45H28N8O6. The van der Waals surface area contributed by atoms with Crippen molar-refractivity contribution in [2.24, 2.45) is 0 Å². The fourth-order valence-corrected chi connectivity index (χ4v) is 7.18. The van der Waals surface area contributed by atoms with Gasteiger partial charge in [0.25, 0.3) is 11.8 Å². The van der Waals surface area contributed by atoms with Crippen LogP contribution in [0.25, 0.3) is 0 Å². The van der Waals surface area contributed by atoms with Crippen LogP contribution in [0.4, 0.5) is 40.6 Å². The lowest BCUT2D eigenvalue weighted by Gasteiger charge is -2.24. The fourth-order valence-electron chi connectivity index (χ4n) is 7.18. The Morgan fingerprint density at radius 1 is 0.390 bits per heavy atom. The molecule has 1 aromatic heterocycles. The van der Waals surface area contributed by atoms with E-state index in [9.17, 15) is 28.8 Å². The molecule has 6 aromatic carbocycles. The maximum absolute atomic E-state index is 14.1. The lowest BCUT2D eigenvalue weighted by atomic mass is 9.82. The van der Waals surface area contributed by atoms with Crippen molar-refractivity contribution < 1.29 is 28.8 Å². The second-order valence-corrected chi connectivity index (χ2v) is 13.5. The van der Waals surface area contributed by atoms with Gasteiger partial charge in [-0.25, -0.2) is 0 Å². The van der Waals surface area contributed by atoms with Gasteiger partial charge < -0.3 is 27.0 Å². The molecule has 0 bridgehead atoms. The van der Waals surface area contributed by atoms with Gasteiger partial charge in [0.15, 0.2) is 23.1 Å². The normalized spacial score (nSPS) is 12.4. The van der Waals surface area contributed by atoms with Crippen LogP contribution < -0.4 is 27.0 Å². The number of nitrogens with zero attached hydrogens (tertiary/aromatic N) is 3. The summed E-state index contributed by atoms with van der Waals surface area (Å²) in [5.41, 5.74) is 7.96. The molecule has 0 unspecified atom stereocenters. The summed E-state index contributed by atoms with van der Waals surface area (Å²) in [5.74, 6) is -3.43. The Balaban J connectivity index is 1.09. The zero-order chi connectivity index (χ0) is 40.8. The number of hydrogen-bond donors (Lipinski definition) is 5. The summed E-state index contributed by atoms with van der Waals surface area (Å²) in [6.07, 6.45) is 0. The Bertz CT molecular complexity index is 2770. The minimum Gasteiger partial charge on any atom is -0.368 e. The molecule has 2 aliphatic carbocycles. The molecule has 14 heteroatoms. The SMILES string of the molecule is Nc1nc(Nc2ccc(NC(=O)c3ccccc3)c3c2C(=O)c2ccccc2C3=O)nc(Nc2ccc(NC(=O)c3ccccc3)c3c2C(=O)c2ccccc2C3=O)n1. The first-order valence-corrected chi connectivity index (χ1v) is 18.2. The van der Waals surface area contributed by atoms with E-state index in [-0.39, 0.29) is 85.1 Å². The Hall–Kier alpha value is -8.65. The Kier molecular flexibility index (Phi) is 8.82. The van der Waals surface area contributed by atoms with Gasteiger partial charge in [-0.15, -0.1) is 0 Å². The highest BCUT2D eigenvalue weighted by molar-refractivity contribution is 6.33. The third-order valence-electron chi connectivity index (χ3n) is 9.87. The van der Waals surface area contributed by atoms with E-state index in [2.05, 4.69) is 36.2 Å². The molecule has 0 saturated heterocycles. The van der Waals surface area contributed by atoms with Crippen molar-refractivity contribution in [3.8, 4) is 0 Å². The van der Waals surface area contributed by atoms with E-state index in [4.69, 9.17) is 5.73 Å². The number of fused-ring (bicyclic) bond motifs is 4. The van der Waals surface area contributed by atoms with Gasteiger partial charge >= 0.3 is 0 Å². The lowest BCUT2D eigenvalue weighted by molar-refractivity contribution is 0.0979. The van der Waals surface area contributed by atoms with Crippen LogP contribution in [0, 0.1) is 0 Å². The van der Waals surface area contributed by atoms with Crippen molar-refractivity contribution >= 4 is 75.5 Å². The molecule has 14 nitrogen and oxygen atoms in total. The van der Waals surface area contributed by atoms with Crippen molar-refractivity contribution in [3.05, 3.63) is 189 Å². The third kappa shape index (κ3) is 6.41. The predicted octanol–water partition coefficient (Wildman–Crippen LogP) is 7.00. The van der Waals surface area contributed by atoms with Crippen molar-refractivity contribution in [2.45, 2.75) is 0 Å². The van der Waals surface area contributed by atoms with Gasteiger partial charge in [-0.2, -0.15) is 15.0 Å². The van der Waals surface area contributed by atoms with Crippen LogP contribution in [0.2, 0.25) is 0 Å². The quantitative estimate of drug-likeness (QED) is 0.106. The molecule has 9 rings (SSSR count). The number of hydrogen-bond acceptors (Lipinski definition) is 12. The average molecular weight is 777 g/mol. The second-order valence-electron chi connectivity index (χ2n) is 13.5. The van der Waals surface area contributed by atoms with Crippen LogP contribution in [0.5, 0.6) is 0 Å². The largest absolute Gasteiger partial charge is 0.368 e. The number of carbonyl (C=O) groups excluding carboxylic acids is 6. The molecule has 59 heavy (non-hydrogen) atoms. The highest BCUT2D eigenvalue weighted by Crippen LogP contribution is 2.39. The molecule has 0 saturated carbocycles.